The summed E-state index contributed by atoms with van der Waals surface area (Å²) in [6, 6.07) is 15.0. The molecule has 1 saturated heterocycles. The summed E-state index contributed by atoms with van der Waals surface area (Å²) in [6.07, 6.45) is 4.29. The van der Waals surface area contributed by atoms with Crippen molar-refractivity contribution < 1.29 is 17.6 Å². The Kier molecular flexibility index (Phi) is 6.67. The van der Waals surface area contributed by atoms with Gasteiger partial charge >= 0.3 is 0 Å². The van der Waals surface area contributed by atoms with Crippen LogP contribution in [0.3, 0.4) is 0 Å². The molecule has 2 aromatic carbocycles. The van der Waals surface area contributed by atoms with Crippen LogP contribution in [0.25, 0.3) is 10.2 Å². The molecule has 1 atom stereocenters. The number of fused-ring (bicyclic) bond motifs is 1. The largest absolute Gasteiger partial charge is 0.467 e. The van der Waals surface area contributed by atoms with Gasteiger partial charge in [0.15, 0.2) is 5.13 Å². The maximum atomic E-state index is 13.6. The van der Waals surface area contributed by atoms with Gasteiger partial charge < -0.3 is 4.42 Å². The summed E-state index contributed by atoms with van der Waals surface area (Å²) in [6.45, 7) is 2.64. The number of carbonyl (C=O) groups excluding carboxylic acids is 1. The molecule has 0 radical (unpaired) electrons. The van der Waals surface area contributed by atoms with Crippen LogP contribution in [0.1, 0.15) is 42.3 Å². The van der Waals surface area contributed by atoms with Gasteiger partial charge in [-0.3, -0.25) is 9.69 Å². The Hall–Kier alpha value is -2.72. The van der Waals surface area contributed by atoms with E-state index in [2.05, 4.69) is 4.98 Å². The fraction of sp³-hybridized carbons (Fsp3) is 0.280. The number of furan rings is 1. The molecule has 1 unspecified atom stereocenters. The Bertz CT molecular complexity index is 1450. The normalized spacial score (nSPS) is 17.0. The lowest BCUT2D eigenvalue weighted by Crippen LogP contribution is -2.41. The van der Waals surface area contributed by atoms with Gasteiger partial charge in [-0.15, -0.1) is 0 Å². The molecule has 5 rings (SSSR count). The highest BCUT2D eigenvalue weighted by Crippen LogP contribution is 2.33. The van der Waals surface area contributed by atoms with Crippen molar-refractivity contribution in [3.8, 4) is 0 Å². The molecule has 0 spiro atoms. The zero-order valence-corrected chi connectivity index (χ0v) is 21.4. The van der Waals surface area contributed by atoms with Gasteiger partial charge in [0.05, 0.1) is 27.9 Å². The molecule has 1 amide bonds. The first-order valence-corrected chi connectivity index (χ1v) is 14.0. The van der Waals surface area contributed by atoms with Crippen molar-refractivity contribution in [2.24, 2.45) is 0 Å². The third-order valence-corrected chi connectivity index (χ3v) is 9.46. The topological polar surface area (TPSA) is 83.7 Å². The van der Waals surface area contributed by atoms with Crippen LogP contribution >= 0.6 is 22.9 Å². The van der Waals surface area contributed by atoms with Crippen molar-refractivity contribution in [2.45, 2.75) is 43.7 Å². The van der Waals surface area contributed by atoms with E-state index in [1.807, 2.05) is 19.1 Å². The van der Waals surface area contributed by atoms with E-state index in [0.717, 1.165) is 29.5 Å². The van der Waals surface area contributed by atoms with Crippen LogP contribution < -0.4 is 4.90 Å². The van der Waals surface area contributed by atoms with Crippen molar-refractivity contribution >= 4 is 54.2 Å². The van der Waals surface area contributed by atoms with E-state index in [9.17, 15) is 13.2 Å². The number of halogens is 1. The maximum absolute atomic E-state index is 13.6. The SMILES string of the molecule is CC1CCCCN1S(=O)(=O)c1ccc(C(=O)N(Cc2ccco2)c2nc3ccc(Cl)cc3s2)cc1. The lowest BCUT2D eigenvalue weighted by atomic mass is 10.1. The van der Waals surface area contributed by atoms with E-state index < -0.39 is 10.0 Å². The molecule has 0 aliphatic carbocycles. The number of amides is 1. The standard InChI is InChI=1S/C25H24ClN3O4S2/c1-17-5-2-3-13-29(17)35(31,32)21-10-7-18(8-11-21)24(30)28(16-20-6-4-14-33-20)25-27-22-12-9-19(26)15-23(22)34-25/h4,6-12,14-15,17H,2-3,5,13,16H2,1H3. The highest BCUT2D eigenvalue weighted by Gasteiger charge is 2.31. The average molecular weight is 530 g/mol. The summed E-state index contributed by atoms with van der Waals surface area (Å²) < 4.78 is 34.2. The highest BCUT2D eigenvalue weighted by atomic mass is 35.5. The van der Waals surface area contributed by atoms with Gasteiger partial charge in [-0.05, 0) is 74.4 Å². The van der Waals surface area contributed by atoms with Crippen molar-refractivity contribution in [2.75, 3.05) is 11.4 Å². The first kappa shape index (κ1) is 24.0. The Morgan fingerprint density at radius 2 is 2.00 bits per heavy atom. The van der Waals surface area contributed by atoms with Gasteiger partial charge in [-0.1, -0.05) is 29.4 Å². The summed E-state index contributed by atoms with van der Waals surface area (Å²) >= 11 is 7.48. The predicted molar refractivity (Wildman–Crippen MR) is 137 cm³/mol. The van der Waals surface area contributed by atoms with Crippen LogP contribution in [0.15, 0.2) is 70.2 Å². The lowest BCUT2D eigenvalue weighted by Gasteiger charge is -2.32. The molecule has 182 valence electrons. The van der Waals surface area contributed by atoms with E-state index >= 15 is 0 Å². The smallest absolute Gasteiger partial charge is 0.260 e. The van der Waals surface area contributed by atoms with Crippen LogP contribution in [0.5, 0.6) is 0 Å². The third-order valence-electron chi connectivity index (χ3n) is 6.16. The number of hydrogen-bond donors (Lipinski definition) is 0. The number of thiazole rings is 1. The Balaban J connectivity index is 1.46. The molecule has 35 heavy (non-hydrogen) atoms. The van der Waals surface area contributed by atoms with Crippen LogP contribution in [-0.2, 0) is 16.6 Å². The molecule has 1 fully saturated rings. The monoisotopic (exact) mass is 529 g/mol. The first-order chi connectivity index (χ1) is 16.8. The Labute approximate surface area is 213 Å². The molecule has 1 aliphatic rings. The Morgan fingerprint density at radius 1 is 1.20 bits per heavy atom. The fourth-order valence-electron chi connectivity index (χ4n) is 4.28. The number of nitrogens with zero attached hydrogens (tertiary/aromatic N) is 3. The second-order valence-corrected chi connectivity index (χ2v) is 11.9. The van der Waals surface area contributed by atoms with E-state index in [1.54, 1.807) is 40.9 Å². The van der Waals surface area contributed by atoms with Gasteiger partial charge in [0.25, 0.3) is 5.91 Å². The Morgan fingerprint density at radius 3 is 2.71 bits per heavy atom. The molecular formula is C25H24ClN3O4S2. The van der Waals surface area contributed by atoms with E-state index in [0.29, 0.717) is 28.0 Å². The fourth-order valence-corrected chi connectivity index (χ4v) is 7.21. The van der Waals surface area contributed by atoms with Crippen LogP contribution in [-0.4, -0.2) is 36.2 Å². The number of rotatable bonds is 6. The summed E-state index contributed by atoms with van der Waals surface area (Å²) in [5.41, 5.74) is 1.10. The van der Waals surface area contributed by atoms with Crippen molar-refractivity contribution in [1.29, 1.82) is 0 Å². The van der Waals surface area contributed by atoms with Gasteiger partial charge in [0.2, 0.25) is 10.0 Å². The molecule has 1 aliphatic heterocycles. The highest BCUT2D eigenvalue weighted by molar-refractivity contribution is 7.89. The number of hydrogen-bond acceptors (Lipinski definition) is 6. The quantitative estimate of drug-likeness (QED) is 0.308. The van der Waals surface area contributed by atoms with Gasteiger partial charge in [0.1, 0.15) is 5.76 Å². The second kappa shape index (κ2) is 9.73. The molecule has 0 bridgehead atoms. The van der Waals surface area contributed by atoms with Gasteiger partial charge in [-0.2, -0.15) is 4.31 Å². The molecule has 0 N–H and O–H groups in total. The van der Waals surface area contributed by atoms with Crippen molar-refractivity contribution in [1.82, 2.24) is 9.29 Å². The summed E-state index contributed by atoms with van der Waals surface area (Å²) in [5.74, 6) is 0.302. The average Bonchev–Trinajstić information content (AvgIpc) is 3.52. The number of sulfonamides is 1. The summed E-state index contributed by atoms with van der Waals surface area (Å²) in [4.78, 5) is 19.9. The second-order valence-electron chi connectivity index (χ2n) is 8.56. The van der Waals surface area contributed by atoms with Crippen molar-refractivity contribution in [3.05, 3.63) is 77.2 Å². The molecule has 2 aromatic heterocycles. The molecule has 0 saturated carbocycles. The molecular weight excluding hydrogens is 506 g/mol. The number of carbonyl (C=O) groups is 1. The zero-order valence-electron chi connectivity index (χ0n) is 19.1. The van der Waals surface area contributed by atoms with Crippen LogP contribution in [0.2, 0.25) is 5.02 Å². The molecule has 10 heteroatoms. The minimum atomic E-state index is -3.62. The minimum absolute atomic E-state index is 0.0358. The number of piperidine rings is 1. The van der Waals surface area contributed by atoms with Crippen LogP contribution in [0, 0.1) is 0 Å². The molecule has 4 aromatic rings. The minimum Gasteiger partial charge on any atom is -0.467 e. The maximum Gasteiger partial charge on any atom is 0.260 e. The summed E-state index contributed by atoms with van der Waals surface area (Å²) in [5, 5.41) is 1.10. The molecule has 7 nitrogen and oxygen atoms in total. The number of aromatic nitrogens is 1. The zero-order chi connectivity index (χ0) is 24.6. The molecule has 3 heterocycles. The van der Waals surface area contributed by atoms with E-state index in [-0.39, 0.29) is 23.4 Å². The van der Waals surface area contributed by atoms with E-state index in [1.165, 1.54) is 28.4 Å². The first-order valence-electron chi connectivity index (χ1n) is 11.4. The van der Waals surface area contributed by atoms with Gasteiger partial charge in [-0.25, -0.2) is 13.4 Å². The predicted octanol–water partition coefficient (Wildman–Crippen LogP) is 5.95. The van der Waals surface area contributed by atoms with Gasteiger partial charge in [0, 0.05) is 23.2 Å². The number of anilines is 1. The van der Waals surface area contributed by atoms with Crippen LogP contribution in [0.4, 0.5) is 5.13 Å². The third kappa shape index (κ3) is 4.86. The van der Waals surface area contributed by atoms with E-state index in [4.69, 9.17) is 16.0 Å². The lowest BCUT2D eigenvalue weighted by molar-refractivity contribution is 0.0983. The van der Waals surface area contributed by atoms with Crippen molar-refractivity contribution in [3.63, 3.8) is 0 Å². The number of benzene rings is 2. The summed E-state index contributed by atoms with van der Waals surface area (Å²) in [7, 11) is -3.62.